The average molecular weight is 417 g/mol. The molecule has 158 valence electrons. The molecule has 0 atom stereocenters. The van der Waals surface area contributed by atoms with Gasteiger partial charge in [0.05, 0.1) is 35.8 Å². The van der Waals surface area contributed by atoms with Crippen LogP contribution >= 0.6 is 0 Å². The highest BCUT2D eigenvalue weighted by molar-refractivity contribution is 6.11. The van der Waals surface area contributed by atoms with Crippen molar-refractivity contribution in [1.82, 2.24) is 14.5 Å². The maximum atomic E-state index is 14.0. The summed E-state index contributed by atoms with van der Waals surface area (Å²) in [4.78, 5) is 19.3. The molecular formula is C22H22F3N3O2. The van der Waals surface area contributed by atoms with E-state index in [4.69, 9.17) is 0 Å². The van der Waals surface area contributed by atoms with E-state index in [0.29, 0.717) is 11.5 Å². The minimum Gasteiger partial charge on any atom is -0.390 e. The van der Waals surface area contributed by atoms with Gasteiger partial charge in [-0.05, 0) is 33.2 Å². The molecule has 0 saturated heterocycles. The SMILES string of the molecule is Cc1nc(CN(C)C)n(-c2c(C(=O)c3ccccc3)cccc2C(F)(F)F)c1CO. The maximum absolute atomic E-state index is 14.0. The number of alkyl halides is 3. The zero-order valence-corrected chi connectivity index (χ0v) is 16.9. The fraction of sp³-hybridized carbons (Fsp3) is 0.273. The maximum Gasteiger partial charge on any atom is 0.418 e. The van der Waals surface area contributed by atoms with Crippen LogP contribution in [0, 0.1) is 6.92 Å². The van der Waals surface area contributed by atoms with Crippen LogP contribution in [-0.2, 0) is 19.3 Å². The van der Waals surface area contributed by atoms with Gasteiger partial charge < -0.3 is 10.0 Å². The molecule has 2 aromatic carbocycles. The van der Waals surface area contributed by atoms with Crippen molar-refractivity contribution in [2.75, 3.05) is 14.1 Å². The summed E-state index contributed by atoms with van der Waals surface area (Å²) >= 11 is 0. The second-order valence-electron chi connectivity index (χ2n) is 7.19. The Balaban J connectivity index is 2.38. The Bertz CT molecular complexity index is 1060. The zero-order chi connectivity index (χ0) is 22.1. The van der Waals surface area contributed by atoms with Gasteiger partial charge in [0, 0.05) is 11.1 Å². The molecule has 0 spiro atoms. The monoisotopic (exact) mass is 417 g/mol. The van der Waals surface area contributed by atoms with Gasteiger partial charge in [0.2, 0.25) is 0 Å². The van der Waals surface area contributed by atoms with Crippen molar-refractivity contribution in [3.63, 3.8) is 0 Å². The van der Waals surface area contributed by atoms with Crippen LogP contribution in [0.4, 0.5) is 13.2 Å². The number of rotatable bonds is 6. The molecule has 5 nitrogen and oxygen atoms in total. The van der Waals surface area contributed by atoms with Crippen LogP contribution in [0.5, 0.6) is 0 Å². The van der Waals surface area contributed by atoms with Crippen molar-refractivity contribution in [2.45, 2.75) is 26.3 Å². The summed E-state index contributed by atoms with van der Waals surface area (Å²) in [6.45, 7) is 1.33. The number of hydrogen-bond acceptors (Lipinski definition) is 4. The molecule has 1 N–H and O–H groups in total. The van der Waals surface area contributed by atoms with Gasteiger partial charge in [0.25, 0.3) is 0 Å². The Morgan fingerprint density at radius 2 is 1.77 bits per heavy atom. The molecule has 1 aromatic heterocycles. The zero-order valence-electron chi connectivity index (χ0n) is 16.9. The van der Waals surface area contributed by atoms with E-state index < -0.39 is 24.1 Å². The number of nitrogens with zero attached hydrogens (tertiary/aromatic N) is 3. The molecule has 1 heterocycles. The molecule has 3 aromatic rings. The second-order valence-corrected chi connectivity index (χ2v) is 7.19. The number of para-hydroxylation sites is 1. The first kappa shape index (κ1) is 21.7. The van der Waals surface area contributed by atoms with E-state index in [9.17, 15) is 23.1 Å². The topological polar surface area (TPSA) is 58.4 Å². The highest BCUT2D eigenvalue weighted by Crippen LogP contribution is 2.38. The van der Waals surface area contributed by atoms with E-state index in [2.05, 4.69) is 4.98 Å². The number of halogens is 3. The molecule has 0 bridgehead atoms. The van der Waals surface area contributed by atoms with Crippen molar-refractivity contribution in [1.29, 1.82) is 0 Å². The predicted molar refractivity (Wildman–Crippen MR) is 106 cm³/mol. The van der Waals surface area contributed by atoms with E-state index in [0.717, 1.165) is 6.07 Å². The van der Waals surface area contributed by atoms with Gasteiger partial charge in [-0.1, -0.05) is 36.4 Å². The molecule has 0 aliphatic rings. The average Bonchev–Trinajstić information content (AvgIpc) is 3.00. The Labute approximate surface area is 172 Å². The molecule has 0 fully saturated rings. The standard InChI is InChI=1S/C22H22F3N3O2/c1-14-18(13-29)28(19(26-14)12-27(2)3)20-16(10-7-11-17(20)22(23,24)25)21(30)15-8-5-4-6-9-15/h4-11,29H,12-13H2,1-3H3. The Morgan fingerprint density at radius 1 is 1.10 bits per heavy atom. The Kier molecular flexibility index (Phi) is 6.09. The predicted octanol–water partition coefficient (Wildman–Crippen LogP) is 3.98. The lowest BCUT2D eigenvalue weighted by molar-refractivity contribution is -0.137. The van der Waals surface area contributed by atoms with Crippen molar-refractivity contribution < 1.29 is 23.1 Å². The molecule has 0 radical (unpaired) electrons. The van der Waals surface area contributed by atoms with Crippen LogP contribution in [0.25, 0.3) is 5.69 Å². The molecular weight excluding hydrogens is 395 g/mol. The molecule has 0 aliphatic heterocycles. The number of aryl methyl sites for hydroxylation is 1. The van der Waals surface area contributed by atoms with Crippen molar-refractivity contribution in [3.05, 3.63) is 82.4 Å². The van der Waals surface area contributed by atoms with Gasteiger partial charge in [-0.3, -0.25) is 9.36 Å². The largest absolute Gasteiger partial charge is 0.418 e. The first-order valence-electron chi connectivity index (χ1n) is 9.28. The van der Waals surface area contributed by atoms with Crippen molar-refractivity contribution in [3.8, 4) is 5.69 Å². The van der Waals surface area contributed by atoms with E-state index in [1.54, 1.807) is 56.3 Å². The van der Waals surface area contributed by atoms with Gasteiger partial charge in [-0.15, -0.1) is 0 Å². The molecule has 0 saturated carbocycles. The highest BCUT2D eigenvalue weighted by Gasteiger charge is 2.37. The molecule has 0 aliphatic carbocycles. The van der Waals surface area contributed by atoms with Crippen molar-refractivity contribution in [2.24, 2.45) is 0 Å². The summed E-state index contributed by atoms with van der Waals surface area (Å²) in [6.07, 6.45) is -4.71. The number of carbonyl (C=O) groups excluding carboxylic acids is 1. The smallest absolute Gasteiger partial charge is 0.390 e. The van der Waals surface area contributed by atoms with Crippen LogP contribution in [0.15, 0.2) is 48.5 Å². The van der Waals surface area contributed by atoms with Gasteiger partial charge in [0.1, 0.15) is 5.82 Å². The molecule has 0 amide bonds. The number of carbonyl (C=O) groups is 1. The van der Waals surface area contributed by atoms with Crippen LogP contribution in [0.3, 0.4) is 0 Å². The number of imidazole rings is 1. The Hall–Kier alpha value is -2.97. The van der Waals surface area contributed by atoms with Crippen molar-refractivity contribution >= 4 is 5.78 Å². The third kappa shape index (κ3) is 4.15. The lowest BCUT2D eigenvalue weighted by atomic mass is 9.97. The van der Waals surface area contributed by atoms with Gasteiger partial charge >= 0.3 is 6.18 Å². The Morgan fingerprint density at radius 3 is 2.33 bits per heavy atom. The van der Waals surface area contributed by atoms with Crippen LogP contribution < -0.4 is 0 Å². The summed E-state index contributed by atoms with van der Waals surface area (Å²) in [5, 5.41) is 9.91. The van der Waals surface area contributed by atoms with E-state index in [1.807, 2.05) is 0 Å². The number of hydrogen-bond donors (Lipinski definition) is 1. The second kappa shape index (κ2) is 8.41. The molecule has 8 heteroatoms. The van der Waals surface area contributed by atoms with Crippen LogP contribution in [-0.4, -0.2) is 39.4 Å². The quantitative estimate of drug-likeness (QED) is 0.617. The third-order valence-electron chi connectivity index (χ3n) is 4.70. The number of ketones is 1. The molecule has 0 unspecified atom stereocenters. The lowest BCUT2D eigenvalue weighted by Crippen LogP contribution is -2.21. The highest BCUT2D eigenvalue weighted by atomic mass is 19.4. The van der Waals surface area contributed by atoms with Gasteiger partial charge in [-0.25, -0.2) is 4.98 Å². The first-order valence-corrected chi connectivity index (χ1v) is 9.28. The summed E-state index contributed by atoms with van der Waals surface area (Å²) < 4.78 is 43.3. The van der Waals surface area contributed by atoms with Gasteiger partial charge in [0.15, 0.2) is 5.78 Å². The number of aliphatic hydroxyl groups excluding tert-OH is 1. The lowest BCUT2D eigenvalue weighted by Gasteiger charge is -2.21. The molecule has 30 heavy (non-hydrogen) atoms. The van der Waals surface area contributed by atoms with E-state index in [-0.39, 0.29) is 29.1 Å². The summed E-state index contributed by atoms with van der Waals surface area (Å²) in [6, 6.07) is 11.7. The minimum absolute atomic E-state index is 0.108. The number of aliphatic hydroxyl groups is 1. The number of benzene rings is 2. The van der Waals surface area contributed by atoms with Crippen LogP contribution in [0.1, 0.15) is 38.7 Å². The van der Waals surface area contributed by atoms with E-state index in [1.165, 1.54) is 16.7 Å². The molecule has 3 rings (SSSR count). The fourth-order valence-electron chi connectivity index (χ4n) is 3.41. The summed E-state index contributed by atoms with van der Waals surface area (Å²) in [7, 11) is 3.53. The van der Waals surface area contributed by atoms with E-state index >= 15 is 0 Å². The summed E-state index contributed by atoms with van der Waals surface area (Å²) in [5.74, 6) is -0.233. The normalized spacial score (nSPS) is 11.9. The van der Waals surface area contributed by atoms with Crippen LogP contribution in [0.2, 0.25) is 0 Å². The number of aromatic nitrogens is 2. The fourth-order valence-corrected chi connectivity index (χ4v) is 3.41. The van der Waals surface area contributed by atoms with Gasteiger partial charge in [-0.2, -0.15) is 13.2 Å². The first-order chi connectivity index (χ1) is 14.1. The summed E-state index contributed by atoms with van der Waals surface area (Å²) in [5.41, 5.74) is -0.496. The third-order valence-corrected chi connectivity index (χ3v) is 4.70. The minimum atomic E-state index is -4.71.